The van der Waals surface area contributed by atoms with E-state index < -0.39 is 17.9 Å². The highest BCUT2D eigenvalue weighted by Gasteiger charge is 2.12. The molecule has 0 aliphatic heterocycles. The van der Waals surface area contributed by atoms with Crippen LogP contribution in [0.4, 0.5) is 0 Å². The first-order chi connectivity index (χ1) is 6.57. The average Bonchev–Trinajstić information content (AvgIpc) is 2.13. The number of nitrogens with two attached hydrogens (primary N) is 2. The molecule has 1 unspecified atom stereocenters. The molecule has 0 bridgehead atoms. The van der Waals surface area contributed by atoms with Crippen LogP contribution in [0.1, 0.15) is 6.42 Å². The Hall–Kier alpha value is -1.18. The summed E-state index contributed by atoms with van der Waals surface area (Å²) in [6, 6.07) is -0.720. The molecule has 0 saturated heterocycles. The molecule has 0 aromatic heterocycles. The van der Waals surface area contributed by atoms with Crippen molar-refractivity contribution in [2.24, 2.45) is 11.5 Å². The van der Waals surface area contributed by atoms with E-state index in [-0.39, 0.29) is 6.61 Å². The van der Waals surface area contributed by atoms with Crippen molar-refractivity contribution in [3.8, 4) is 0 Å². The topological polar surface area (TPSA) is 117 Å². The molecule has 0 rings (SSSR count). The fraction of sp³-hybridized carbons (Fsp3) is 0.714. The number of hydrogen-bond acceptors (Lipinski definition) is 5. The minimum absolute atomic E-state index is 0.372. The van der Waals surface area contributed by atoms with Crippen LogP contribution in [0.3, 0.4) is 0 Å². The van der Waals surface area contributed by atoms with Crippen LogP contribution in [-0.4, -0.2) is 38.2 Å². The van der Waals surface area contributed by atoms with Crippen LogP contribution in [0.15, 0.2) is 0 Å². The maximum Gasteiger partial charge on any atom is 0.260 e. The zero-order valence-electron chi connectivity index (χ0n) is 7.99. The second kappa shape index (κ2) is 7.25. The molecule has 14 heavy (non-hydrogen) atoms. The molecule has 0 fully saturated rings. The minimum Gasteiger partial charge on any atom is -0.385 e. The first kappa shape index (κ1) is 12.8. The molecule has 0 aliphatic carbocycles. The Morgan fingerprint density at radius 2 is 2.14 bits per heavy atom. The monoisotopic (exact) mass is 205 g/mol. The van der Waals surface area contributed by atoms with E-state index in [4.69, 9.17) is 16.2 Å². The molecule has 7 heteroatoms. The van der Waals surface area contributed by atoms with Crippen molar-refractivity contribution in [3.63, 3.8) is 0 Å². The van der Waals surface area contributed by atoms with Gasteiger partial charge < -0.3 is 16.2 Å². The van der Waals surface area contributed by atoms with Gasteiger partial charge in [0.25, 0.3) is 5.91 Å². The van der Waals surface area contributed by atoms with Crippen molar-refractivity contribution in [3.05, 3.63) is 0 Å². The van der Waals surface area contributed by atoms with Gasteiger partial charge in [-0.2, -0.15) is 0 Å². The normalized spacial score (nSPS) is 12.1. The van der Waals surface area contributed by atoms with E-state index in [1.54, 1.807) is 0 Å². The number of hydroxylamine groups is 1. The van der Waals surface area contributed by atoms with Gasteiger partial charge in [-0.05, 0) is 6.42 Å². The highest BCUT2D eigenvalue weighted by atomic mass is 16.7. The number of ether oxygens (including phenoxy) is 1. The van der Waals surface area contributed by atoms with Gasteiger partial charge in [0.1, 0.15) is 0 Å². The van der Waals surface area contributed by atoms with Gasteiger partial charge >= 0.3 is 0 Å². The SMILES string of the molecule is COCCC(N)C(=O)NOCC(N)=O. The second-order valence-electron chi connectivity index (χ2n) is 2.61. The Kier molecular flexibility index (Phi) is 6.63. The van der Waals surface area contributed by atoms with Gasteiger partial charge in [-0.25, -0.2) is 5.48 Å². The number of primary amides is 1. The van der Waals surface area contributed by atoms with Crippen LogP contribution in [-0.2, 0) is 19.2 Å². The highest BCUT2D eigenvalue weighted by Crippen LogP contribution is 1.88. The number of carbonyl (C=O) groups excluding carboxylic acids is 2. The van der Waals surface area contributed by atoms with E-state index in [9.17, 15) is 9.59 Å². The number of nitrogens with one attached hydrogen (secondary N) is 1. The molecule has 5 N–H and O–H groups in total. The maximum atomic E-state index is 11.1. The van der Waals surface area contributed by atoms with E-state index >= 15 is 0 Å². The Morgan fingerprint density at radius 1 is 1.50 bits per heavy atom. The Labute approximate surface area is 81.7 Å². The van der Waals surface area contributed by atoms with Crippen LogP contribution in [0.2, 0.25) is 0 Å². The van der Waals surface area contributed by atoms with Gasteiger partial charge in [0, 0.05) is 13.7 Å². The smallest absolute Gasteiger partial charge is 0.260 e. The van der Waals surface area contributed by atoms with Crippen molar-refractivity contribution in [2.45, 2.75) is 12.5 Å². The van der Waals surface area contributed by atoms with Crippen molar-refractivity contribution in [1.82, 2.24) is 5.48 Å². The molecular weight excluding hydrogens is 190 g/mol. The third kappa shape index (κ3) is 6.35. The molecule has 0 aromatic rings. The number of methoxy groups -OCH3 is 1. The summed E-state index contributed by atoms with van der Waals surface area (Å²) in [4.78, 5) is 25.7. The molecule has 0 radical (unpaired) electrons. The van der Waals surface area contributed by atoms with Crippen LogP contribution < -0.4 is 16.9 Å². The summed E-state index contributed by atoms with van der Waals surface area (Å²) in [6.07, 6.45) is 0.377. The van der Waals surface area contributed by atoms with Crippen LogP contribution in [0.5, 0.6) is 0 Å². The number of carbonyl (C=O) groups is 2. The summed E-state index contributed by atoms with van der Waals surface area (Å²) in [5, 5.41) is 0. The van der Waals surface area contributed by atoms with E-state index in [1.165, 1.54) is 7.11 Å². The maximum absolute atomic E-state index is 11.1. The lowest BCUT2D eigenvalue weighted by Gasteiger charge is -2.10. The Bertz CT molecular complexity index is 197. The Balaban J connectivity index is 3.56. The molecule has 0 aliphatic rings. The molecule has 0 saturated carbocycles. The van der Waals surface area contributed by atoms with Gasteiger partial charge in [-0.1, -0.05) is 0 Å². The van der Waals surface area contributed by atoms with Crippen molar-refractivity contribution in [2.75, 3.05) is 20.3 Å². The second-order valence-corrected chi connectivity index (χ2v) is 2.61. The fourth-order valence-electron chi connectivity index (χ4n) is 0.630. The number of hydrogen-bond donors (Lipinski definition) is 3. The van der Waals surface area contributed by atoms with Crippen LogP contribution in [0, 0.1) is 0 Å². The third-order valence-corrected chi connectivity index (χ3v) is 1.36. The summed E-state index contributed by atoms with van der Waals surface area (Å²) in [5.41, 5.74) is 12.2. The van der Waals surface area contributed by atoms with Gasteiger partial charge in [-0.15, -0.1) is 0 Å². The van der Waals surface area contributed by atoms with E-state index in [1.807, 2.05) is 5.48 Å². The molecule has 2 amide bonds. The van der Waals surface area contributed by atoms with Crippen LogP contribution in [0.25, 0.3) is 0 Å². The Morgan fingerprint density at radius 3 is 2.64 bits per heavy atom. The molecule has 82 valence electrons. The first-order valence-electron chi connectivity index (χ1n) is 4.02. The molecule has 0 aromatic carbocycles. The van der Waals surface area contributed by atoms with Gasteiger partial charge in [-0.3, -0.25) is 14.4 Å². The lowest BCUT2D eigenvalue weighted by Crippen LogP contribution is -2.42. The van der Waals surface area contributed by atoms with Crippen LogP contribution >= 0.6 is 0 Å². The number of amides is 2. The summed E-state index contributed by atoms with van der Waals surface area (Å²) in [6.45, 7) is 0.00709. The predicted molar refractivity (Wildman–Crippen MR) is 47.8 cm³/mol. The average molecular weight is 205 g/mol. The largest absolute Gasteiger partial charge is 0.385 e. The lowest BCUT2D eigenvalue weighted by molar-refractivity contribution is -0.139. The standard InChI is InChI=1S/C7H15N3O4/c1-13-3-2-5(8)7(12)10-14-4-6(9)11/h5H,2-4,8H2,1H3,(H2,9,11)(H,10,12). The lowest BCUT2D eigenvalue weighted by atomic mass is 10.2. The van der Waals surface area contributed by atoms with Gasteiger partial charge in [0.2, 0.25) is 5.91 Å². The number of rotatable bonds is 7. The summed E-state index contributed by atoms with van der Waals surface area (Å²) in [5.74, 6) is -1.18. The quantitative estimate of drug-likeness (QED) is 0.411. The van der Waals surface area contributed by atoms with E-state index in [0.717, 1.165) is 0 Å². The molecule has 1 atom stereocenters. The van der Waals surface area contributed by atoms with Crippen molar-refractivity contribution < 1.29 is 19.2 Å². The summed E-state index contributed by atoms with van der Waals surface area (Å²) in [7, 11) is 1.51. The predicted octanol–water partition coefficient (Wildman–Crippen LogP) is -2.12. The molecule has 0 heterocycles. The highest BCUT2D eigenvalue weighted by molar-refractivity contribution is 5.81. The van der Waals surface area contributed by atoms with E-state index in [2.05, 4.69) is 4.84 Å². The zero-order valence-corrected chi connectivity index (χ0v) is 7.99. The van der Waals surface area contributed by atoms with Gasteiger partial charge in [0.05, 0.1) is 6.04 Å². The molecule has 7 nitrogen and oxygen atoms in total. The van der Waals surface area contributed by atoms with Gasteiger partial charge in [0.15, 0.2) is 6.61 Å². The molecular formula is C7H15N3O4. The molecule has 0 spiro atoms. The first-order valence-corrected chi connectivity index (χ1v) is 4.02. The fourth-order valence-corrected chi connectivity index (χ4v) is 0.630. The zero-order chi connectivity index (χ0) is 11.0. The van der Waals surface area contributed by atoms with Crippen molar-refractivity contribution in [1.29, 1.82) is 0 Å². The van der Waals surface area contributed by atoms with Crippen molar-refractivity contribution >= 4 is 11.8 Å². The summed E-state index contributed by atoms with van der Waals surface area (Å²) < 4.78 is 4.73. The third-order valence-electron chi connectivity index (χ3n) is 1.36. The minimum atomic E-state index is -0.720. The van der Waals surface area contributed by atoms with E-state index in [0.29, 0.717) is 13.0 Å². The summed E-state index contributed by atoms with van der Waals surface area (Å²) >= 11 is 0.